The third-order valence-corrected chi connectivity index (χ3v) is 7.31. The second-order valence-electron chi connectivity index (χ2n) is 7.48. The Labute approximate surface area is 193 Å². The summed E-state index contributed by atoms with van der Waals surface area (Å²) in [7, 11) is 0. The van der Waals surface area contributed by atoms with Crippen molar-refractivity contribution in [3.63, 3.8) is 0 Å². The Morgan fingerprint density at radius 2 is 1.91 bits per heavy atom. The molecule has 8 heteroatoms. The van der Waals surface area contributed by atoms with Gasteiger partial charge in [0.1, 0.15) is 0 Å². The molecular weight excluding hydrogens is 438 g/mol. The van der Waals surface area contributed by atoms with Gasteiger partial charge in [-0.3, -0.25) is 9.20 Å². The van der Waals surface area contributed by atoms with Gasteiger partial charge in [-0.05, 0) is 36.9 Å². The van der Waals surface area contributed by atoms with Crippen LogP contribution in [0.2, 0.25) is 0 Å². The zero-order valence-corrected chi connectivity index (χ0v) is 19.3. The number of thioether (sulfide) groups is 1. The van der Waals surface area contributed by atoms with Crippen LogP contribution in [0.15, 0.2) is 71.2 Å². The van der Waals surface area contributed by atoms with Crippen molar-refractivity contribution in [2.75, 3.05) is 5.32 Å². The maximum atomic E-state index is 13.0. The summed E-state index contributed by atoms with van der Waals surface area (Å²) in [5, 5.41) is 15.7. The molecule has 5 rings (SSSR count). The predicted octanol–water partition coefficient (Wildman–Crippen LogP) is 5.82. The van der Waals surface area contributed by atoms with Crippen molar-refractivity contribution in [3.8, 4) is 11.3 Å². The number of aryl methyl sites for hydroxylation is 1. The van der Waals surface area contributed by atoms with Gasteiger partial charge in [0.25, 0.3) is 0 Å². The first-order valence-corrected chi connectivity index (χ1v) is 12.1. The van der Waals surface area contributed by atoms with Gasteiger partial charge < -0.3 is 5.32 Å². The molecule has 32 heavy (non-hydrogen) atoms. The van der Waals surface area contributed by atoms with Crippen molar-refractivity contribution in [1.29, 1.82) is 0 Å². The lowest BCUT2D eigenvalue weighted by Crippen LogP contribution is -2.24. The molecule has 0 saturated heterocycles. The SMILES string of the molecule is CCC(Sc1nnc2ccc3ccccc3n12)C(=O)Nc1nc(-c2ccc(C)cc2)cs1. The lowest BCUT2D eigenvalue weighted by atomic mass is 10.1. The number of pyridine rings is 1. The Morgan fingerprint density at radius 1 is 1.09 bits per heavy atom. The minimum atomic E-state index is -0.312. The van der Waals surface area contributed by atoms with Crippen LogP contribution in [0.5, 0.6) is 0 Å². The number of nitrogens with one attached hydrogen (secondary N) is 1. The third kappa shape index (κ3) is 3.99. The highest BCUT2D eigenvalue weighted by Gasteiger charge is 2.22. The fourth-order valence-corrected chi connectivity index (χ4v) is 5.21. The van der Waals surface area contributed by atoms with Crippen LogP contribution in [0.25, 0.3) is 27.8 Å². The first-order chi connectivity index (χ1) is 15.6. The van der Waals surface area contributed by atoms with E-state index in [1.807, 2.05) is 59.2 Å². The Balaban J connectivity index is 1.36. The molecule has 1 atom stereocenters. The number of rotatable bonds is 6. The highest BCUT2D eigenvalue weighted by molar-refractivity contribution is 8.00. The Kier molecular flexibility index (Phi) is 5.63. The topological polar surface area (TPSA) is 72.2 Å². The van der Waals surface area contributed by atoms with E-state index >= 15 is 0 Å². The molecule has 1 amide bonds. The molecule has 0 aliphatic carbocycles. The van der Waals surface area contributed by atoms with Gasteiger partial charge in [0, 0.05) is 10.9 Å². The van der Waals surface area contributed by atoms with E-state index in [4.69, 9.17) is 0 Å². The van der Waals surface area contributed by atoms with Crippen molar-refractivity contribution in [2.45, 2.75) is 30.7 Å². The smallest absolute Gasteiger partial charge is 0.239 e. The van der Waals surface area contributed by atoms with Crippen molar-refractivity contribution in [1.82, 2.24) is 19.6 Å². The molecule has 3 aromatic heterocycles. The molecule has 1 N–H and O–H groups in total. The first kappa shape index (κ1) is 20.7. The second kappa shape index (κ2) is 8.72. The van der Waals surface area contributed by atoms with Gasteiger partial charge in [-0.25, -0.2) is 4.98 Å². The Morgan fingerprint density at radius 3 is 2.72 bits per heavy atom. The number of carbonyl (C=O) groups is 1. The van der Waals surface area contributed by atoms with Crippen LogP contribution in [-0.2, 0) is 4.79 Å². The van der Waals surface area contributed by atoms with Gasteiger partial charge in [-0.1, -0.05) is 66.7 Å². The van der Waals surface area contributed by atoms with Crippen molar-refractivity contribution in [3.05, 3.63) is 71.6 Å². The molecule has 5 aromatic rings. The molecule has 0 radical (unpaired) electrons. The maximum absolute atomic E-state index is 13.0. The Hall–Kier alpha value is -3.23. The fraction of sp³-hybridized carbons (Fsp3) is 0.167. The minimum absolute atomic E-state index is 0.0840. The van der Waals surface area contributed by atoms with Gasteiger partial charge in [0.2, 0.25) is 5.91 Å². The second-order valence-corrected chi connectivity index (χ2v) is 9.50. The van der Waals surface area contributed by atoms with Gasteiger partial charge >= 0.3 is 0 Å². The summed E-state index contributed by atoms with van der Waals surface area (Å²) < 4.78 is 2.01. The summed E-state index contributed by atoms with van der Waals surface area (Å²) in [6, 6.07) is 20.3. The first-order valence-electron chi connectivity index (χ1n) is 10.4. The van der Waals surface area contributed by atoms with E-state index in [2.05, 4.69) is 45.6 Å². The quantitative estimate of drug-likeness (QED) is 0.324. The molecule has 0 saturated carbocycles. The van der Waals surface area contributed by atoms with E-state index < -0.39 is 0 Å². The van der Waals surface area contributed by atoms with Crippen LogP contribution < -0.4 is 5.32 Å². The van der Waals surface area contributed by atoms with Crippen LogP contribution >= 0.6 is 23.1 Å². The van der Waals surface area contributed by atoms with E-state index in [0.717, 1.165) is 27.8 Å². The van der Waals surface area contributed by atoms with Crippen molar-refractivity contribution < 1.29 is 4.79 Å². The number of fused-ring (bicyclic) bond motifs is 3. The third-order valence-electron chi connectivity index (χ3n) is 5.24. The van der Waals surface area contributed by atoms with Crippen molar-refractivity contribution in [2.24, 2.45) is 0 Å². The van der Waals surface area contributed by atoms with Crippen LogP contribution in [0, 0.1) is 6.92 Å². The number of para-hydroxylation sites is 1. The standard InChI is InChI=1S/C24H21N5OS2/c1-3-20(22(30)26-23-25-18(14-31-23)16-10-8-15(2)9-11-16)32-24-28-27-21-13-12-17-6-4-5-7-19(17)29(21)24/h4-14,20H,3H2,1-2H3,(H,25,26,30). The highest BCUT2D eigenvalue weighted by Crippen LogP contribution is 2.30. The average Bonchev–Trinajstić information content (AvgIpc) is 3.45. The number of hydrogen-bond donors (Lipinski definition) is 1. The molecule has 6 nitrogen and oxygen atoms in total. The molecule has 0 fully saturated rings. The summed E-state index contributed by atoms with van der Waals surface area (Å²) in [6.45, 7) is 4.05. The van der Waals surface area contributed by atoms with Gasteiger partial charge in [0.05, 0.1) is 16.5 Å². The number of carbonyl (C=O) groups excluding carboxylic acids is 1. The molecule has 2 aromatic carbocycles. The lowest BCUT2D eigenvalue weighted by molar-refractivity contribution is -0.115. The maximum Gasteiger partial charge on any atom is 0.239 e. The molecular formula is C24H21N5OS2. The molecule has 0 aliphatic rings. The highest BCUT2D eigenvalue weighted by atomic mass is 32.2. The molecule has 0 aliphatic heterocycles. The minimum Gasteiger partial charge on any atom is -0.301 e. The zero-order chi connectivity index (χ0) is 22.1. The van der Waals surface area contributed by atoms with Gasteiger partial charge in [0.15, 0.2) is 15.9 Å². The number of aromatic nitrogens is 4. The fourth-order valence-electron chi connectivity index (χ4n) is 3.51. The monoisotopic (exact) mass is 459 g/mol. The van der Waals surface area contributed by atoms with E-state index in [9.17, 15) is 4.79 Å². The summed E-state index contributed by atoms with van der Waals surface area (Å²) in [6.07, 6.45) is 0.659. The van der Waals surface area contributed by atoms with Crippen LogP contribution in [0.4, 0.5) is 5.13 Å². The van der Waals surface area contributed by atoms with Gasteiger partial charge in [-0.15, -0.1) is 21.5 Å². The van der Waals surface area contributed by atoms with Crippen molar-refractivity contribution >= 4 is 50.7 Å². The zero-order valence-electron chi connectivity index (χ0n) is 17.6. The number of anilines is 1. The van der Waals surface area contributed by atoms with E-state index in [1.165, 1.54) is 28.7 Å². The van der Waals surface area contributed by atoms with E-state index in [1.54, 1.807) is 0 Å². The van der Waals surface area contributed by atoms with E-state index in [-0.39, 0.29) is 11.2 Å². The summed E-state index contributed by atoms with van der Waals surface area (Å²) in [5.74, 6) is -0.0840. The van der Waals surface area contributed by atoms with Crippen LogP contribution in [0.3, 0.4) is 0 Å². The number of nitrogens with zero attached hydrogens (tertiary/aromatic N) is 4. The number of benzene rings is 2. The molecule has 1 unspecified atom stereocenters. The lowest BCUT2D eigenvalue weighted by Gasteiger charge is -2.13. The average molecular weight is 460 g/mol. The molecule has 3 heterocycles. The van der Waals surface area contributed by atoms with Crippen LogP contribution in [-0.4, -0.2) is 30.7 Å². The number of thiazole rings is 1. The summed E-state index contributed by atoms with van der Waals surface area (Å²) in [5.41, 5.74) is 4.89. The summed E-state index contributed by atoms with van der Waals surface area (Å²) in [4.78, 5) is 17.6. The number of amides is 1. The van der Waals surface area contributed by atoms with Crippen LogP contribution in [0.1, 0.15) is 18.9 Å². The number of hydrogen-bond acceptors (Lipinski definition) is 6. The van der Waals surface area contributed by atoms with E-state index in [0.29, 0.717) is 16.7 Å². The Bertz CT molecular complexity index is 1410. The molecule has 0 bridgehead atoms. The molecule has 160 valence electrons. The predicted molar refractivity (Wildman–Crippen MR) is 131 cm³/mol. The largest absolute Gasteiger partial charge is 0.301 e. The summed E-state index contributed by atoms with van der Waals surface area (Å²) >= 11 is 2.86. The molecule has 0 spiro atoms. The normalized spacial score (nSPS) is 12.3. The van der Waals surface area contributed by atoms with Gasteiger partial charge in [-0.2, -0.15) is 0 Å².